The maximum Gasteiger partial charge on any atom is 0.326 e. The van der Waals surface area contributed by atoms with Crippen LogP contribution in [0.1, 0.15) is 157 Å². The Balaban J connectivity index is 0.728. The average molecular weight is 1880 g/mol. The highest BCUT2D eigenvalue weighted by Crippen LogP contribution is 2.55. The molecule has 2 unspecified atom stereocenters. The van der Waals surface area contributed by atoms with E-state index in [1.165, 1.54) is 31.1 Å². The number of likely N-dealkylation sites (tertiary alicyclic amines) is 2. The lowest BCUT2D eigenvalue weighted by atomic mass is 9.89. The van der Waals surface area contributed by atoms with Gasteiger partial charge in [-0.15, -0.1) is 16.9 Å². The summed E-state index contributed by atoms with van der Waals surface area (Å²) in [6, 6.07) is 30.0. The number of hydrogen-bond donors (Lipinski definition) is 5. The number of rotatable bonds is 52. The van der Waals surface area contributed by atoms with Crippen molar-refractivity contribution >= 4 is 110 Å². The molecule has 4 heterocycles. The number of ether oxygens (including phenoxy) is 4. The minimum atomic E-state index is -3.99. The van der Waals surface area contributed by atoms with Gasteiger partial charge in [0.15, 0.2) is 7.29 Å². The SMILES string of the molecule is CC[C@H](C)[C@@H]([C@@H](CC(=O)N1CCC[C@H]1[C@H](OC)[C@@H](C)C(=O)N[C@@H](Cc1ccccc1)C(=O)O)OC)N(C)C(=O)[C@@H](NC(=O)[C@H](C(C)C)N(C)C(=O)CCC(=O)N1Cc2ccccc2-c2c(nnn2CCOCCOCCP(=O)(CCC(=O)NCCNS(=O)(=O)c2cccc3c(N(C)C)cccc23)N(C)CCCN2C(=O)CC(SC(CC)(CC)C3CC3)C2=O)-c2ccccc21)C(C)C. The van der Waals surface area contributed by atoms with Crippen LogP contribution in [0.15, 0.2) is 120 Å². The van der Waals surface area contributed by atoms with E-state index in [4.69, 9.17) is 24.0 Å². The lowest BCUT2D eigenvalue weighted by Gasteiger charge is -2.41. The summed E-state index contributed by atoms with van der Waals surface area (Å²) in [4.78, 5) is 151. The van der Waals surface area contributed by atoms with Crippen LogP contribution >= 0.6 is 19.1 Å². The van der Waals surface area contributed by atoms with Crippen LogP contribution in [0.4, 0.5) is 11.4 Å². The van der Waals surface area contributed by atoms with Crippen LogP contribution in [-0.2, 0) is 101 Å². The first-order valence-electron chi connectivity index (χ1n) is 46.6. The highest BCUT2D eigenvalue weighted by molar-refractivity contribution is 8.02. The molecule has 1 aliphatic carbocycles. The maximum absolute atomic E-state index is 15.2. The molecule has 10 rings (SSSR count). The van der Waals surface area contributed by atoms with Gasteiger partial charge in [-0.05, 0) is 105 Å². The van der Waals surface area contributed by atoms with Gasteiger partial charge in [-0.3, -0.25) is 52.7 Å². The quantitative estimate of drug-likeness (QED) is 0.0134. The van der Waals surface area contributed by atoms with Crippen LogP contribution in [0.25, 0.3) is 33.3 Å². The summed E-state index contributed by atoms with van der Waals surface area (Å²) in [5, 5.41) is 28.8. The Morgan fingerprint density at radius 2 is 1.38 bits per heavy atom. The standard InChI is InChI=1S/C97H139N14O18PS2/c1-17-65(8)89(78(126-15)60-84(115)108-50-29-40-77(108)91(127-16)66(9)92(117)100-74(96(121)122)59-67-31-21-20-22-32-67)107(14)95(120)86(63(4)5)101-93(118)88(64(6)7)106(13)82(113)44-45-83(114)110-62-68-33-23-24-34-70(68)90-87(73-35-25-26-38-76(73)110)102-103-111(90)52-53-128-54-55-129-56-58-130(123,105(12)49-30-51-109-85(116)61-79(94(109)119)131-97(18-2,19-3)69-42-43-69)57-46-81(112)98-47-48-99-132(124,125)80-41-28-36-71-72(80)37-27-39-75(71)104(10)11/h20-28,31-39,41,63-66,69,74,77-79,86,88-89,91,99H,17-19,29-30,40,42-62H2,1-16H3,(H,98,112)(H,100,117)(H,101,118)(H,121,122)/t65-,66+,74-,77-,78+,79?,86-,88-,89-,91+,130?/m0/s1. The lowest BCUT2D eigenvalue weighted by Crippen LogP contribution is -2.60. The molecule has 32 nitrogen and oxygen atoms in total. The minimum absolute atomic E-state index is 0.0269. The Morgan fingerprint density at radius 1 is 0.705 bits per heavy atom. The summed E-state index contributed by atoms with van der Waals surface area (Å²) in [6.45, 7) is 18.7. The molecule has 35 heteroatoms. The fourth-order valence-electron chi connectivity index (χ4n) is 18.9. The fourth-order valence-corrected chi connectivity index (χ4v) is 24.3. The molecule has 3 aliphatic heterocycles. The Hall–Kier alpha value is -9.51. The number of amides is 9. The number of sulfonamides is 1. The number of nitrogens with one attached hydrogen (secondary N) is 4. The molecule has 3 fully saturated rings. The molecule has 2 saturated heterocycles. The molecule has 5 N–H and O–H groups in total. The van der Waals surface area contributed by atoms with Crippen molar-refractivity contribution in [2.75, 3.05) is 131 Å². The number of aliphatic carboxylic acids is 1. The number of para-hydroxylation sites is 1. The van der Waals surface area contributed by atoms with Gasteiger partial charge in [-0.25, -0.2) is 22.6 Å². The fraction of sp³-hybridized carbons (Fsp3) is 0.588. The zero-order valence-corrected chi connectivity index (χ0v) is 82.2. The second kappa shape index (κ2) is 48.1. The number of methoxy groups -OCH3 is 2. The van der Waals surface area contributed by atoms with E-state index in [2.05, 4.69) is 39.7 Å². The Kier molecular flexibility index (Phi) is 38.1. The van der Waals surface area contributed by atoms with E-state index < -0.39 is 118 Å². The van der Waals surface area contributed by atoms with Gasteiger partial charge in [-0.1, -0.05) is 171 Å². The number of fused-ring (bicyclic) bond motifs is 6. The summed E-state index contributed by atoms with van der Waals surface area (Å²) in [6.07, 6.45) is 4.09. The molecule has 4 aliphatic rings. The average Bonchev–Trinajstić information content (AvgIpc) is 1.55. The van der Waals surface area contributed by atoms with E-state index in [0.29, 0.717) is 66.2 Å². The molecular formula is C97H139N14O18PS2. The van der Waals surface area contributed by atoms with Crippen molar-refractivity contribution in [1.82, 2.24) is 59.9 Å². The third-order valence-electron chi connectivity index (χ3n) is 26.8. The number of aromatic nitrogens is 3. The van der Waals surface area contributed by atoms with Crippen LogP contribution in [0.2, 0.25) is 0 Å². The molecule has 0 spiro atoms. The molecule has 5 aromatic carbocycles. The highest BCUT2D eigenvalue weighted by Gasteiger charge is 2.50. The number of carboxylic acid groups (broad SMARTS) is 1. The van der Waals surface area contributed by atoms with Crippen molar-refractivity contribution in [1.29, 1.82) is 0 Å². The summed E-state index contributed by atoms with van der Waals surface area (Å²) in [5.74, 6) is -6.07. The number of benzene rings is 5. The Bertz CT molecular complexity index is 5150. The largest absolute Gasteiger partial charge is 0.480 e. The normalized spacial score (nSPS) is 17.6. The summed E-state index contributed by atoms with van der Waals surface area (Å²) in [7, 11) is 4.24. The molecule has 1 saturated carbocycles. The van der Waals surface area contributed by atoms with E-state index in [-0.39, 0.29) is 156 Å². The van der Waals surface area contributed by atoms with Gasteiger partial charge < -0.3 is 69.1 Å². The predicted molar refractivity (Wildman–Crippen MR) is 511 cm³/mol. The van der Waals surface area contributed by atoms with Gasteiger partial charge in [0.1, 0.15) is 23.8 Å². The molecule has 9 amide bonds. The molecular weight excluding hydrogens is 1740 g/mol. The number of imide groups is 1. The molecule has 1 aromatic heterocycles. The van der Waals surface area contributed by atoms with Gasteiger partial charge in [0.25, 0.3) is 0 Å². The van der Waals surface area contributed by atoms with Crippen molar-refractivity contribution in [3.8, 4) is 22.5 Å². The van der Waals surface area contributed by atoms with Crippen molar-refractivity contribution < 1.29 is 85.0 Å². The van der Waals surface area contributed by atoms with Gasteiger partial charge >= 0.3 is 5.97 Å². The smallest absolute Gasteiger partial charge is 0.326 e. The number of likely N-dealkylation sites (N-methyl/N-ethyl adjacent to an activating group) is 2. The third-order valence-corrected chi connectivity index (χ3v) is 33.6. The maximum atomic E-state index is 15.2. The monoisotopic (exact) mass is 1880 g/mol. The van der Waals surface area contributed by atoms with Crippen LogP contribution in [-0.4, -0.2) is 285 Å². The predicted octanol–water partition coefficient (Wildman–Crippen LogP) is 10.8. The van der Waals surface area contributed by atoms with Crippen molar-refractivity contribution in [3.63, 3.8) is 0 Å². The van der Waals surface area contributed by atoms with Gasteiger partial charge in [0.2, 0.25) is 63.2 Å². The zero-order valence-electron chi connectivity index (χ0n) is 79.7. The first kappa shape index (κ1) is 105. The number of nitrogens with zero attached hydrogens (tertiary/aromatic N) is 10. The van der Waals surface area contributed by atoms with E-state index in [9.17, 15) is 56.7 Å². The highest BCUT2D eigenvalue weighted by atomic mass is 32.2. The number of anilines is 2. The van der Waals surface area contributed by atoms with E-state index in [1.54, 1.807) is 119 Å². The van der Waals surface area contributed by atoms with E-state index in [0.717, 1.165) is 53.4 Å². The molecule has 0 bridgehead atoms. The summed E-state index contributed by atoms with van der Waals surface area (Å²) < 4.78 is 73.0. The van der Waals surface area contributed by atoms with Crippen molar-refractivity contribution in [2.24, 2.45) is 29.6 Å². The number of hydrogen-bond acceptors (Lipinski definition) is 21. The molecule has 722 valence electrons. The lowest BCUT2D eigenvalue weighted by molar-refractivity contribution is -0.149. The molecule has 6 aromatic rings. The molecule has 0 radical (unpaired) electrons. The summed E-state index contributed by atoms with van der Waals surface area (Å²) >= 11 is 1.66. The first-order chi connectivity index (χ1) is 63.0. The number of carbonyl (C=O) groups is 10. The zero-order chi connectivity index (χ0) is 96.1. The van der Waals surface area contributed by atoms with Crippen LogP contribution in [0, 0.1) is 29.6 Å². The third kappa shape index (κ3) is 25.7. The molecule has 132 heavy (non-hydrogen) atoms. The number of carboxylic acids is 1. The van der Waals surface area contributed by atoms with E-state index in [1.807, 2.05) is 113 Å². The van der Waals surface area contributed by atoms with Crippen LogP contribution < -0.4 is 30.5 Å². The minimum Gasteiger partial charge on any atom is -0.480 e. The van der Waals surface area contributed by atoms with Crippen LogP contribution in [0.5, 0.6) is 0 Å². The topological polar surface area (TPSA) is 381 Å². The Morgan fingerprint density at radius 3 is 2.04 bits per heavy atom. The number of thioether (sulfide) groups is 1. The second-order valence-corrected chi connectivity index (χ2v) is 42.9. The van der Waals surface area contributed by atoms with Gasteiger partial charge in [0.05, 0.1) is 97.7 Å². The van der Waals surface area contributed by atoms with Crippen LogP contribution in [0.3, 0.4) is 0 Å². The first-order valence-corrected chi connectivity index (χ1v) is 51.0. The number of carbonyl (C=O) groups excluding carboxylic acids is 9. The van der Waals surface area contributed by atoms with Crippen molar-refractivity contribution in [2.45, 2.75) is 223 Å². The van der Waals surface area contributed by atoms with Gasteiger partial charge in [-0.2, -0.15) is 0 Å². The summed E-state index contributed by atoms with van der Waals surface area (Å²) in [5.41, 5.74) is 5.51. The van der Waals surface area contributed by atoms with E-state index >= 15 is 9.36 Å². The second-order valence-electron chi connectivity index (χ2n) is 36.3. The Labute approximate surface area is 782 Å². The van der Waals surface area contributed by atoms with Gasteiger partial charge in [0, 0.05) is 152 Å². The van der Waals surface area contributed by atoms with Crippen molar-refractivity contribution in [3.05, 3.63) is 126 Å². The molecule has 11 atom stereocenters.